The summed E-state index contributed by atoms with van der Waals surface area (Å²) in [5, 5.41) is 11.9. The highest BCUT2D eigenvalue weighted by atomic mass is 16.7. The van der Waals surface area contributed by atoms with Gasteiger partial charge in [0.15, 0.2) is 12.4 Å². The van der Waals surface area contributed by atoms with Crippen LogP contribution in [-0.2, 0) is 33.3 Å². The van der Waals surface area contributed by atoms with Gasteiger partial charge in [0.2, 0.25) is 0 Å². The fourth-order valence-corrected chi connectivity index (χ4v) is 12.5. The molecule has 0 aromatic rings. The summed E-state index contributed by atoms with van der Waals surface area (Å²) in [6, 6.07) is 0. The van der Waals surface area contributed by atoms with E-state index in [0.717, 1.165) is 89.9 Å². The van der Waals surface area contributed by atoms with Crippen LogP contribution in [0.25, 0.3) is 0 Å². The minimum Gasteiger partial charge on any atom is -0.545 e. The van der Waals surface area contributed by atoms with Gasteiger partial charge in [-0.1, -0.05) is 394 Å². The average Bonchev–Trinajstić information content (AvgIpc) is 2.62. The molecule has 0 aliphatic heterocycles. The van der Waals surface area contributed by atoms with Gasteiger partial charge in [0.05, 0.1) is 40.3 Å². The molecule has 0 saturated heterocycles. The number of likely N-dealkylation sites (N-methyl/N-ethyl adjacent to an activating group) is 1. The smallest absolute Gasteiger partial charge is 0.306 e. The number of nitrogens with zero attached hydrogens (tertiary/aromatic N) is 1. The summed E-state index contributed by atoms with van der Waals surface area (Å²) in [5.41, 5.74) is 0. The zero-order chi connectivity index (χ0) is 71.8. The number of hydrogen-bond donors (Lipinski definition) is 0. The van der Waals surface area contributed by atoms with E-state index in [4.69, 9.17) is 18.9 Å². The Morgan fingerprint density at radius 1 is 0.303 bits per heavy atom. The van der Waals surface area contributed by atoms with E-state index in [9.17, 15) is 19.5 Å². The summed E-state index contributed by atoms with van der Waals surface area (Å²) in [7, 11) is 5.95. The van der Waals surface area contributed by atoms with Crippen LogP contribution in [0.4, 0.5) is 0 Å². The number of allylic oxidation sites excluding steroid dienone is 16. The molecular formula is C90H161NO8. The van der Waals surface area contributed by atoms with Crippen molar-refractivity contribution in [3.05, 3.63) is 97.2 Å². The molecule has 9 heteroatoms. The Morgan fingerprint density at radius 2 is 0.545 bits per heavy atom. The monoisotopic (exact) mass is 1380 g/mol. The summed E-state index contributed by atoms with van der Waals surface area (Å²) >= 11 is 0. The lowest BCUT2D eigenvalue weighted by atomic mass is 10.0. The van der Waals surface area contributed by atoms with Crippen molar-refractivity contribution in [3.63, 3.8) is 0 Å². The van der Waals surface area contributed by atoms with Crippen LogP contribution < -0.4 is 5.11 Å². The second-order valence-corrected chi connectivity index (χ2v) is 29.7. The highest BCUT2D eigenvalue weighted by molar-refractivity contribution is 5.70. The number of ether oxygens (including phenoxy) is 4. The van der Waals surface area contributed by atoms with Crippen LogP contribution in [0.5, 0.6) is 0 Å². The minimum atomic E-state index is -1.62. The zero-order valence-corrected chi connectivity index (χ0v) is 65.9. The van der Waals surface area contributed by atoms with Crippen molar-refractivity contribution in [1.29, 1.82) is 0 Å². The molecule has 0 aliphatic rings. The number of carbonyl (C=O) groups is 3. The summed E-state index contributed by atoms with van der Waals surface area (Å²) in [5.74, 6) is -2.25. The van der Waals surface area contributed by atoms with E-state index >= 15 is 0 Å². The molecule has 2 atom stereocenters. The molecule has 0 aromatic heterocycles. The Bertz CT molecular complexity index is 1960. The van der Waals surface area contributed by atoms with Crippen molar-refractivity contribution in [2.75, 3.05) is 47.5 Å². The van der Waals surface area contributed by atoms with Crippen LogP contribution in [0.1, 0.15) is 399 Å². The van der Waals surface area contributed by atoms with Crippen molar-refractivity contribution >= 4 is 17.9 Å². The first-order valence-corrected chi connectivity index (χ1v) is 42.4. The third kappa shape index (κ3) is 81.4. The maximum atomic E-state index is 13.0. The van der Waals surface area contributed by atoms with Crippen LogP contribution >= 0.6 is 0 Å². The van der Waals surface area contributed by atoms with Gasteiger partial charge in [-0.2, -0.15) is 0 Å². The number of unbranched alkanes of at least 4 members (excludes halogenated alkanes) is 48. The van der Waals surface area contributed by atoms with Gasteiger partial charge in [-0.25, -0.2) is 0 Å². The van der Waals surface area contributed by atoms with Gasteiger partial charge in [-0.15, -0.1) is 0 Å². The molecule has 99 heavy (non-hydrogen) atoms. The predicted octanol–water partition coefficient (Wildman–Crippen LogP) is 26.2. The number of hydrogen-bond acceptors (Lipinski definition) is 8. The third-order valence-electron chi connectivity index (χ3n) is 18.8. The van der Waals surface area contributed by atoms with Gasteiger partial charge in [0.1, 0.15) is 13.2 Å². The quantitative estimate of drug-likeness (QED) is 0.0195. The van der Waals surface area contributed by atoms with Crippen LogP contribution in [0.15, 0.2) is 97.2 Å². The molecule has 9 nitrogen and oxygen atoms in total. The Morgan fingerprint density at radius 3 is 0.808 bits per heavy atom. The lowest BCUT2D eigenvalue weighted by Crippen LogP contribution is -2.44. The standard InChI is InChI=1S/C90H161NO8/c1-6-8-10-12-14-16-18-20-22-24-26-28-30-32-34-36-38-40-41-42-43-44-45-46-47-49-51-53-55-57-59-61-63-65-67-69-71-73-75-77-79-81-88(93)99-86(85-98-90(89(94)95)96-83-82-91(3,4)5)84-97-87(92)80-78-76-74-72-70-68-66-64-62-60-58-56-54-52-50-48-39-37-35-33-31-29-27-25-23-21-19-17-15-13-11-9-7-2/h8-11,14-17,20-23,26-29,86,90H,6-7,12-13,18-19,24-25,30-85H2,1-5H3/b10-8-,11-9-,16-14-,17-15-,22-20-,23-21-,28-26-,29-27-. The maximum absolute atomic E-state index is 13.0. The topological polar surface area (TPSA) is 111 Å². The molecule has 0 N–H and O–H groups in total. The second kappa shape index (κ2) is 79.9. The lowest BCUT2D eigenvalue weighted by Gasteiger charge is -2.26. The summed E-state index contributed by atoms with van der Waals surface area (Å²) in [4.78, 5) is 37.7. The fraction of sp³-hybridized carbons (Fsp3) is 0.789. The number of carboxylic acids is 1. The molecule has 0 fully saturated rings. The molecule has 0 spiro atoms. The van der Waals surface area contributed by atoms with Crippen molar-refractivity contribution in [3.8, 4) is 0 Å². The second-order valence-electron chi connectivity index (χ2n) is 29.7. The Balaban J connectivity index is 3.93. The van der Waals surface area contributed by atoms with Gasteiger partial charge in [0.25, 0.3) is 0 Å². The highest BCUT2D eigenvalue weighted by Crippen LogP contribution is 2.20. The summed E-state index contributed by atoms with van der Waals surface area (Å²) < 4.78 is 22.9. The molecule has 0 bridgehead atoms. The van der Waals surface area contributed by atoms with E-state index in [-0.39, 0.29) is 32.2 Å². The minimum absolute atomic E-state index is 0.149. The Labute approximate surface area is 613 Å². The number of carboxylic acid groups (broad SMARTS) is 1. The first kappa shape index (κ1) is 95.2. The molecular weight excluding hydrogens is 1220 g/mol. The normalized spacial score (nSPS) is 13.1. The molecule has 0 radical (unpaired) electrons. The molecule has 0 heterocycles. The first-order chi connectivity index (χ1) is 48.6. The first-order valence-electron chi connectivity index (χ1n) is 42.4. The average molecular weight is 1390 g/mol. The van der Waals surface area contributed by atoms with Gasteiger partial charge in [-0.3, -0.25) is 9.59 Å². The van der Waals surface area contributed by atoms with Gasteiger partial charge in [0, 0.05) is 12.8 Å². The number of esters is 2. The van der Waals surface area contributed by atoms with Crippen LogP contribution in [0.3, 0.4) is 0 Å². The van der Waals surface area contributed by atoms with Crippen molar-refractivity contribution < 1.29 is 42.9 Å². The SMILES string of the molecule is CC/C=C\C/C=C\C/C=C\C/C=C\CCCCCCCCCCCCCCCCCCCCCCCCCCCCCCC(=O)OC(COC(=O)CCCCCCCCCCCCCCCCCCCCCC/C=C\C/C=C\C/C=C\C/C=C\CC)COC(OCC[N+](C)(C)C)C(=O)[O-]. The van der Waals surface area contributed by atoms with Gasteiger partial charge >= 0.3 is 11.9 Å². The van der Waals surface area contributed by atoms with Crippen LogP contribution in [-0.4, -0.2) is 82.3 Å². The summed E-state index contributed by atoms with van der Waals surface area (Å²) in [6.45, 7) is 4.58. The van der Waals surface area contributed by atoms with E-state index < -0.39 is 24.3 Å². The molecule has 2 unspecified atom stereocenters. The predicted molar refractivity (Wildman–Crippen MR) is 426 cm³/mol. The Kier molecular flexibility index (Phi) is 76.8. The number of carbonyl (C=O) groups excluding carboxylic acids is 3. The van der Waals surface area contributed by atoms with E-state index in [2.05, 4.69) is 111 Å². The molecule has 0 saturated carbocycles. The number of quaternary nitrogens is 1. The van der Waals surface area contributed by atoms with Crippen LogP contribution in [0, 0.1) is 0 Å². The number of aliphatic carboxylic acids is 1. The molecule has 0 aliphatic carbocycles. The Hall–Kier alpha value is -3.79. The van der Waals surface area contributed by atoms with Crippen molar-refractivity contribution in [2.45, 2.75) is 411 Å². The molecule has 0 amide bonds. The van der Waals surface area contributed by atoms with E-state index in [1.165, 1.54) is 283 Å². The summed E-state index contributed by atoms with van der Waals surface area (Å²) in [6.07, 6.45) is 108. The zero-order valence-electron chi connectivity index (χ0n) is 65.9. The highest BCUT2D eigenvalue weighted by Gasteiger charge is 2.22. The van der Waals surface area contributed by atoms with E-state index in [0.29, 0.717) is 17.4 Å². The van der Waals surface area contributed by atoms with Crippen molar-refractivity contribution in [1.82, 2.24) is 0 Å². The van der Waals surface area contributed by atoms with Crippen LogP contribution in [0.2, 0.25) is 0 Å². The largest absolute Gasteiger partial charge is 0.545 e. The van der Waals surface area contributed by atoms with Crippen molar-refractivity contribution in [2.24, 2.45) is 0 Å². The third-order valence-corrected chi connectivity index (χ3v) is 18.8. The van der Waals surface area contributed by atoms with E-state index in [1.54, 1.807) is 0 Å². The molecule has 574 valence electrons. The van der Waals surface area contributed by atoms with E-state index in [1.807, 2.05) is 21.1 Å². The van der Waals surface area contributed by atoms with Gasteiger partial charge < -0.3 is 33.3 Å². The molecule has 0 aromatic carbocycles. The maximum Gasteiger partial charge on any atom is 0.306 e. The molecule has 0 rings (SSSR count). The number of rotatable bonds is 79. The van der Waals surface area contributed by atoms with Gasteiger partial charge in [-0.05, 0) is 89.9 Å². The lowest BCUT2D eigenvalue weighted by molar-refractivity contribution is -0.870. The fourth-order valence-electron chi connectivity index (χ4n) is 12.5.